The normalized spacial score (nSPS) is 15.0. The van der Waals surface area contributed by atoms with Crippen molar-refractivity contribution in [2.75, 3.05) is 20.3 Å². The number of methoxy groups -OCH3 is 1. The fourth-order valence-corrected chi connectivity index (χ4v) is 3.46. The van der Waals surface area contributed by atoms with E-state index >= 15 is 0 Å². The van der Waals surface area contributed by atoms with E-state index < -0.39 is 15.0 Å². The molecule has 21 heavy (non-hydrogen) atoms. The van der Waals surface area contributed by atoms with Crippen LogP contribution in [-0.4, -0.2) is 45.5 Å². The van der Waals surface area contributed by atoms with Crippen molar-refractivity contribution in [3.05, 3.63) is 28.8 Å². The fourth-order valence-electron chi connectivity index (χ4n) is 2.08. The lowest BCUT2D eigenvalue weighted by molar-refractivity contribution is 0.0676. The van der Waals surface area contributed by atoms with E-state index in [9.17, 15) is 13.2 Å². The van der Waals surface area contributed by atoms with Crippen LogP contribution in [0.4, 0.5) is 0 Å². The van der Waals surface area contributed by atoms with Crippen LogP contribution in [0.3, 0.4) is 0 Å². The zero-order valence-electron chi connectivity index (χ0n) is 11.4. The number of nitrogens with zero attached hydrogens (tertiary/aromatic N) is 1. The molecule has 0 saturated heterocycles. The van der Waals surface area contributed by atoms with E-state index in [1.165, 1.54) is 18.2 Å². The second-order valence-corrected chi connectivity index (χ2v) is 7.71. The molecule has 1 aromatic rings. The number of hydrogen-bond donors (Lipinski definition) is 0. The van der Waals surface area contributed by atoms with Crippen molar-refractivity contribution in [3.63, 3.8) is 0 Å². The van der Waals surface area contributed by atoms with Gasteiger partial charge in [0, 0.05) is 30.4 Å². The second-order valence-electron chi connectivity index (χ2n) is 4.77. The monoisotopic (exact) mass is 351 g/mol. The number of benzene rings is 1. The minimum Gasteiger partial charge on any atom is -0.383 e. The molecule has 0 aliphatic heterocycles. The molecule has 116 valence electrons. The molecule has 5 nitrogen and oxygen atoms in total. The van der Waals surface area contributed by atoms with Crippen molar-refractivity contribution in [2.45, 2.75) is 23.8 Å². The van der Waals surface area contributed by atoms with Gasteiger partial charge in [0.1, 0.15) is 0 Å². The van der Waals surface area contributed by atoms with Gasteiger partial charge in [0.05, 0.1) is 22.1 Å². The van der Waals surface area contributed by atoms with Gasteiger partial charge in [0.15, 0.2) is 0 Å². The van der Waals surface area contributed by atoms with Gasteiger partial charge < -0.3 is 9.64 Å². The highest BCUT2D eigenvalue weighted by molar-refractivity contribution is 8.13. The summed E-state index contributed by atoms with van der Waals surface area (Å²) in [6.07, 6.45) is 1.78. The lowest BCUT2D eigenvalue weighted by atomic mass is 10.2. The Balaban J connectivity index is 2.42. The molecule has 1 fully saturated rings. The summed E-state index contributed by atoms with van der Waals surface area (Å²) in [5.41, 5.74) is -0.0721. The molecule has 1 aliphatic rings. The predicted molar refractivity (Wildman–Crippen MR) is 80.4 cm³/mol. The molecular weight excluding hydrogens is 337 g/mol. The summed E-state index contributed by atoms with van der Waals surface area (Å²) in [7, 11) is 2.89. The summed E-state index contributed by atoms with van der Waals surface area (Å²) < 4.78 is 28.3. The summed E-state index contributed by atoms with van der Waals surface area (Å²) in [4.78, 5) is 14.0. The zero-order valence-corrected chi connectivity index (χ0v) is 13.7. The Hall–Kier alpha value is -0.820. The lowest BCUT2D eigenvalue weighted by Crippen LogP contribution is -2.36. The van der Waals surface area contributed by atoms with Gasteiger partial charge in [0.2, 0.25) is 0 Å². The van der Waals surface area contributed by atoms with Crippen molar-refractivity contribution in [1.29, 1.82) is 0 Å². The van der Waals surface area contributed by atoms with Crippen LogP contribution in [0, 0.1) is 0 Å². The number of carbonyl (C=O) groups is 1. The minimum atomic E-state index is -4.05. The van der Waals surface area contributed by atoms with E-state index in [1.54, 1.807) is 12.0 Å². The van der Waals surface area contributed by atoms with Crippen molar-refractivity contribution in [1.82, 2.24) is 4.90 Å². The summed E-state index contributed by atoms with van der Waals surface area (Å²) in [6.45, 7) is 0.753. The van der Waals surface area contributed by atoms with E-state index in [0.717, 1.165) is 12.8 Å². The van der Waals surface area contributed by atoms with Crippen LogP contribution >= 0.6 is 22.3 Å². The Bertz CT molecular complexity index is 644. The first kappa shape index (κ1) is 16.5. The molecule has 0 radical (unpaired) electrons. The molecule has 1 amide bonds. The van der Waals surface area contributed by atoms with Crippen LogP contribution in [0.2, 0.25) is 5.02 Å². The van der Waals surface area contributed by atoms with Crippen molar-refractivity contribution in [3.8, 4) is 0 Å². The third-order valence-corrected chi connectivity index (χ3v) is 4.92. The van der Waals surface area contributed by atoms with Crippen LogP contribution in [0.15, 0.2) is 23.1 Å². The topological polar surface area (TPSA) is 63.7 Å². The van der Waals surface area contributed by atoms with Crippen LogP contribution in [0.1, 0.15) is 23.2 Å². The highest BCUT2D eigenvalue weighted by Crippen LogP contribution is 2.32. The minimum absolute atomic E-state index is 0.0721. The lowest BCUT2D eigenvalue weighted by Gasteiger charge is -2.23. The molecule has 8 heteroatoms. The first-order valence-electron chi connectivity index (χ1n) is 6.39. The van der Waals surface area contributed by atoms with E-state index in [2.05, 4.69) is 0 Å². The quantitative estimate of drug-likeness (QED) is 0.738. The molecule has 1 saturated carbocycles. The van der Waals surface area contributed by atoms with Crippen LogP contribution in [0.25, 0.3) is 0 Å². The zero-order chi connectivity index (χ0) is 15.6. The SMILES string of the molecule is COCCN(C(=O)c1c(Cl)cccc1S(=O)(=O)Cl)C1CC1. The highest BCUT2D eigenvalue weighted by atomic mass is 35.7. The van der Waals surface area contributed by atoms with Gasteiger partial charge in [-0.15, -0.1) is 0 Å². The van der Waals surface area contributed by atoms with Gasteiger partial charge in [-0.1, -0.05) is 17.7 Å². The van der Waals surface area contributed by atoms with Gasteiger partial charge in [-0.3, -0.25) is 4.79 Å². The van der Waals surface area contributed by atoms with E-state index in [1.807, 2.05) is 0 Å². The van der Waals surface area contributed by atoms with Gasteiger partial charge in [-0.25, -0.2) is 8.42 Å². The van der Waals surface area contributed by atoms with Gasteiger partial charge in [-0.05, 0) is 25.0 Å². The molecule has 0 N–H and O–H groups in total. The summed E-state index contributed by atoms with van der Waals surface area (Å²) in [6, 6.07) is 4.31. The van der Waals surface area contributed by atoms with Crippen molar-refractivity contribution in [2.24, 2.45) is 0 Å². The Morgan fingerprint density at radius 2 is 2.10 bits per heavy atom. The Kier molecular flexibility index (Phi) is 5.14. The molecule has 0 spiro atoms. The smallest absolute Gasteiger partial charge is 0.262 e. The molecule has 0 heterocycles. The Morgan fingerprint density at radius 3 is 2.62 bits per heavy atom. The van der Waals surface area contributed by atoms with Gasteiger partial charge >= 0.3 is 0 Å². The summed E-state index contributed by atoms with van der Waals surface area (Å²) in [5, 5.41) is 0.0739. The van der Waals surface area contributed by atoms with Crippen LogP contribution in [0.5, 0.6) is 0 Å². The van der Waals surface area contributed by atoms with Crippen molar-refractivity contribution >= 4 is 37.2 Å². The molecule has 0 unspecified atom stereocenters. The fraction of sp³-hybridized carbons (Fsp3) is 0.462. The molecule has 0 atom stereocenters. The Morgan fingerprint density at radius 1 is 1.43 bits per heavy atom. The summed E-state index contributed by atoms with van der Waals surface area (Å²) in [5.74, 6) is -0.431. The van der Waals surface area contributed by atoms with Crippen LogP contribution < -0.4 is 0 Å². The maximum Gasteiger partial charge on any atom is 0.262 e. The van der Waals surface area contributed by atoms with E-state index in [0.29, 0.717) is 13.2 Å². The number of rotatable bonds is 6. The maximum atomic E-state index is 12.7. The molecule has 1 aromatic carbocycles. The Labute approximate surface area is 133 Å². The summed E-state index contributed by atoms with van der Waals surface area (Å²) >= 11 is 6.03. The molecule has 0 aromatic heterocycles. The van der Waals surface area contributed by atoms with Crippen molar-refractivity contribution < 1.29 is 17.9 Å². The maximum absolute atomic E-state index is 12.7. The van der Waals surface area contributed by atoms with E-state index in [-0.39, 0.29) is 21.5 Å². The standard InChI is InChI=1S/C13H15Cl2NO4S/c1-20-8-7-16(9-5-6-9)13(17)12-10(14)3-2-4-11(12)21(15,18)19/h2-4,9H,5-8H2,1H3. The molecule has 2 rings (SSSR count). The number of ether oxygens (including phenoxy) is 1. The second kappa shape index (κ2) is 6.52. The number of amides is 1. The largest absolute Gasteiger partial charge is 0.383 e. The van der Waals surface area contributed by atoms with Crippen LogP contribution in [-0.2, 0) is 13.8 Å². The molecule has 1 aliphatic carbocycles. The average Bonchev–Trinajstić information content (AvgIpc) is 3.22. The average molecular weight is 352 g/mol. The van der Waals surface area contributed by atoms with Gasteiger partial charge in [-0.2, -0.15) is 0 Å². The number of hydrogen-bond acceptors (Lipinski definition) is 4. The third-order valence-electron chi connectivity index (χ3n) is 3.24. The number of carbonyl (C=O) groups excluding carboxylic acids is 1. The first-order chi connectivity index (χ1) is 9.86. The molecular formula is C13H15Cl2NO4S. The number of halogens is 2. The van der Waals surface area contributed by atoms with E-state index in [4.69, 9.17) is 27.0 Å². The first-order valence-corrected chi connectivity index (χ1v) is 9.08. The predicted octanol–water partition coefficient (Wildman–Crippen LogP) is 2.52. The van der Waals surface area contributed by atoms with Gasteiger partial charge in [0.25, 0.3) is 15.0 Å². The third kappa shape index (κ3) is 3.88. The highest BCUT2D eigenvalue weighted by Gasteiger charge is 2.35. The molecule has 0 bridgehead atoms.